The monoisotopic (exact) mass is 318 g/mol. The van der Waals surface area contributed by atoms with E-state index in [4.69, 9.17) is 12.2 Å². The molecule has 2 N–H and O–H groups in total. The third kappa shape index (κ3) is 2.89. The van der Waals surface area contributed by atoms with Crippen LogP contribution in [0.15, 0.2) is 24.3 Å². The highest BCUT2D eigenvalue weighted by Gasteiger charge is 2.21. The normalized spacial score (nSPS) is 14.1. The van der Waals surface area contributed by atoms with E-state index in [1.807, 2.05) is 0 Å². The van der Waals surface area contributed by atoms with Crippen LogP contribution >= 0.6 is 12.2 Å². The molecule has 9 heteroatoms. The summed E-state index contributed by atoms with van der Waals surface area (Å²) in [4.78, 5) is 13.0. The summed E-state index contributed by atoms with van der Waals surface area (Å²) in [7, 11) is 0. The Hall–Kier alpha value is -2.55. The number of anilines is 2. The maximum absolute atomic E-state index is 10.7. The van der Waals surface area contributed by atoms with Crippen LogP contribution in [0.2, 0.25) is 0 Å². The zero-order valence-corrected chi connectivity index (χ0v) is 12.5. The average molecular weight is 318 g/mol. The van der Waals surface area contributed by atoms with Crippen molar-refractivity contribution in [3.05, 3.63) is 40.1 Å². The topological polar surface area (TPSA) is 100.0 Å². The van der Waals surface area contributed by atoms with Gasteiger partial charge in [0, 0.05) is 30.9 Å². The van der Waals surface area contributed by atoms with Gasteiger partial charge in [-0.05, 0) is 25.0 Å². The molecule has 0 radical (unpaired) electrons. The van der Waals surface area contributed by atoms with Crippen LogP contribution in [0.25, 0.3) is 0 Å². The van der Waals surface area contributed by atoms with Gasteiger partial charge in [-0.3, -0.25) is 10.1 Å². The first-order valence-electron chi connectivity index (χ1n) is 6.86. The van der Waals surface area contributed by atoms with Crippen molar-refractivity contribution < 1.29 is 4.92 Å². The van der Waals surface area contributed by atoms with Crippen LogP contribution in [0, 0.1) is 10.1 Å². The number of aromatic amines is 1. The Morgan fingerprint density at radius 1 is 1.27 bits per heavy atom. The van der Waals surface area contributed by atoms with Crippen molar-refractivity contribution in [2.75, 3.05) is 18.4 Å². The molecule has 2 aromatic rings. The Morgan fingerprint density at radius 3 is 2.59 bits per heavy atom. The van der Waals surface area contributed by atoms with Crippen molar-refractivity contribution in [3.63, 3.8) is 0 Å². The Morgan fingerprint density at radius 2 is 1.95 bits per heavy atom. The molecular weight excluding hydrogens is 304 g/mol. The molecule has 1 fully saturated rings. The smallest absolute Gasteiger partial charge is 0.269 e. The summed E-state index contributed by atoms with van der Waals surface area (Å²) >= 11 is 5.47. The number of aromatic nitrogens is 3. The van der Waals surface area contributed by atoms with E-state index >= 15 is 0 Å². The number of hydrogen-bond donors (Lipinski definition) is 2. The fourth-order valence-electron chi connectivity index (χ4n) is 2.34. The van der Waals surface area contributed by atoms with Gasteiger partial charge in [-0.1, -0.05) is 12.2 Å². The van der Waals surface area contributed by atoms with E-state index in [1.54, 1.807) is 12.1 Å². The number of hydrogen-bond acceptors (Lipinski definition) is 6. The fraction of sp³-hybridized carbons (Fsp3) is 0.308. The standard InChI is InChI=1S/C13H14N6O2S/c20-19(21)10-5-3-9(4-6-10)14-12-11(15-17-16-12)13(22)18-7-1-2-8-18/h3-6H,1-2,7-8H2,(H2,14,15,16,17). The van der Waals surface area contributed by atoms with E-state index < -0.39 is 4.92 Å². The second kappa shape index (κ2) is 6.06. The van der Waals surface area contributed by atoms with E-state index in [0.29, 0.717) is 22.2 Å². The number of nitro benzene ring substituents is 1. The number of likely N-dealkylation sites (tertiary alicyclic amines) is 1. The SMILES string of the molecule is O=[N+]([O-])c1ccc(Nc2n[nH]nc2C(=S)N2CCCC2)cc1. The van der Waals surface area contributed by atoms with Gasteiger partial charge in [-0.2, -0.15) is 10.3 Å². The molecule has 0 atom stereocenters. The van der Waals surface area contributed by atoms with Gasteiger partial charge < -0.3 is 10.2 Å². The molecule has 2 heterocycles. The summed E-state index contributed by atoms with van der Waals surface area (Å²) in [6.45, 7) is 1.87. The molecule has 0 aliphatic carbocycles. The van der Waals surface area contributed by atoms with E-state index in [1.165, 1.54) is 12.1 Å². The van der Waals surface area contributed by atoms with Gasteiger partial charge >= 0.3 is 0 Å². The number of nitro groups is 1. The van der Waals surface area contributed by atoms with Crippen molar-refractivity contribution in [2.45, 2.75) is 12.8 Å². The quantitative estimate of drug-likeness (QED) is 0.506. The van der Waals surface area contributed by atoms with Crippen LogP contribution in [0.1, 0.15) is 18.5 Å². The zero-order chi connectivity index (χ0) is 15.5. The Bertz CT molecular complexity index is 693. The summed E-state index contributed by atoms with van der Waals surface area (Å²) in [6, 6.07) is 6.10. The first-order chi connectivity index (χ1) is 10.6. The van der Waals surface area contributed by atoms with Gasteiger partial charge in [-0.25, -0.2) is 0 Å². The van der Waals surface area contributed by atoms with Crippen LogP contribution in [-0.2, 0) is 0 Å². The highest BCUT2D eigenvalue weighted by molar-refractivity contribution is 7.80. The predicted molar refractivity (Wildman–Crippen MR) is 85.3 cm³/mol. The van der Waals surface area contributed by atoms with E-state index in [9.17, 15) is 10.1 Å². The molecule has 1 aliphatic rings. The Kier molecular flexibility index (Phi) is 3.96. The zero-order valence-electron chi connectivity index (χ0n) is 11.7. The highest BCUT2D eigenvalue weighted by Crippen LogP contribution is 2.22. The predicted octanol–water partition coefficient (Wildman–Crippen LogP) is 2.23. The summed E-state index contributed by atoms with van der Waals surface area (Å²) in [5.74, 6) is 0.519. The van der Waals surface area contributed by atoms with Crippen LogP contribution in [0.3, 0.4) is 0 Å². The van der Waals surface area contributed by atoms with Crippen LogP contribution in [0.4, 0.5) is 17.2 Å². The molecular formula is C13H14N6O2S. The van der Waals surface area contributed by atoms with Crippen molar-refractivity contribution in [3.8, 4) is 0 Å². The maximum atomic E-state index is 10.7. The lowest BCUT2D eigenvalue weighted by molar-refractivity contribution is -0.384. The number of thiocarbonyl (C=S) groups is 1. The van der Waals surface area contributed by atoms with Gasteiger partial charge in [0.15, 0.2) is 11.5 Å². The van der Waals surface area contributed by atoms with Gasteiger partial charge in [0.05, 0.1) is 4.92 Å². The molecule has 0 spiro atoms. The molecule has 3 rings (SSSR count). The van der Waals surface area contributed by atoms with E-state index in [0.717, 1.165) is 25.9 Å². The lowest BCUT2D eigenvalue weighted by atomic mass is 10.3. The van der Waals surface area contributed by atoms with Crippen LogP contribution in [-0.4, -0.2) is 43.3 Å². The lowest BCUT2D eigenvalue weighted by Gasteiger charge is -2.17. The first kappa shape index (κ1) is 14.4. The maximum Gasteiger partial charge on any atom is 0.269 e. The van der Waals surface area contributed by atoms with Crippen LogP contribution < -0.4 is 5.32 Å². The first-order valence-corrected chi connectivity index (χ1v) is 7.27. The summed E-state index contributed by atoms with van der Waals surface area (Å²) < 4.78 is 0. The van der Waals surface area contributed by atoms with Crippen LogP contribution in [0.5, 0.6) is 0 Å². The summed E-state index contributed by atoms with van der Waals surface area (Å²) in [6.07, 6.45) is 2.26. The molecule has 0 unspecified atom stereocenters. The van der Waals surface area contributed by atoms with Gasteiger partial charge in [-0.15, -0.1) is 5.10 Å². The fourth-order valence-corrected chi connectivity index (χ4v) is 2.67. The third-order valence-corrected chi connectivity index (χ3v) is 3.94. The number of nitrogens with zero attached hydrogens (tertiary/aromatic N) is 4. The number of rotatable bonds is 4. The number of benzene rings is 1. The summed E-state index contributed by atoms with van der Waals surface area (Å²) in [5, 5.41) is 24.5. The molecule has 1 aromatic carbocycles. The van der Waals surface area contributed by atoms with Crippen molar-refractivity contribution in [2.24, 2.45) is 0 Å². The molecule has 8 nitrogen and oxygen atoms in total. The molecule has 1 aromatic heterocycles. The molecule has 0 amide bonds. The van der Waals surface area contributed by atoms with Gasteiger partial charge in [0.1, 0.15) is 4.99 Å². The minimum Gasteiger partial charge on any atom is -0.361 e. The van der Waals surface area contributed by atoms with Crippen molar-refractivity contribution in [1.29, 1.82) is 0 Å². The average Bonchev–Trinajstić information content (AvgIpc) is 3.18. The van der Waals surface area contributed by atoms with Crippen molar-refractivity contribution >= 4 is 34.4 Å². The van der Waals surface area contributed by atoms with Gasteiger partial charge in [0.25, 0.3) is 5.69 Å². The number of non-ortho nitro benzene ring substituents is 1. The van der Waals surface area contributed by atoms with E-state index in [2.05, 4.69) is 25.6 Å². The number of nitrogens with one attached hydrogen (secondary N) is 2. The molecule has 0 saturated carbocycles. The minimum absolute atomic E-state index is 0.0403. The Labute approximate surface area is 131 Å². The highest BCUT2D eigenvalue weighted by atomic mass is 32.1. The summed E-state index contributed by atoms with van der Waals surface area (Å²) in [5.41, 5.74) is 1.32. The molecule has 1 saturated heterocycles. The Balaban J connectivity index is 1.77. The minimum atomic E-state index is -0.437. The molecule has 1 aliphatic heterocycles. The number of H-pyrrole nitrogens is 1. The second-order valence-electron chi connectivity index (χ2n) is 4.95. The largest absolute Gasteiger partial charge is 0.361 e. The lowest BCUT2D eigenvalue weighted by Crippen LogP contribution is -2.27. The molecule has 0 bridgehead atoms. The van der Waals surface area contributed by atoms with E-state index in [-0.39, 0.29) is 5.69 Å². The third-order valence-electron chi connectivity index (χ3n) is 3.48. The molecule has 114 valence electrons. The molecule has 22 heavy (non-hydrogen) atoms. The second-order valence-corrected chi connectivity index (χ2v) is 5.34. The van der Waals surface area contributed by atoms with Gasteiger partial charge in [0.2, 0.25) is 0 Å². The van der Waals surface area contributed by atoms with Crippen molar-refractivity contribution in [1.82, 2.24) is 20.3 Å².